The molecule has 2 heterocycles. The van der Waals surface area contributed by atoms with Crippen LogP contribution in [0.5, 0.6) is 0 Å². The number of para-hydroxylation sites is 6. The van der Waals surface area contributed by atoms with Gasteiger partial charge in [0.05, 0.1) is 28.1 Å². The summed E-state index contributed by atoms with van der Waals surface area (Å²) in [6.07, 6.45) is 5.69. The van der Waals surface area contributed by atoms with E-state index in [2.05, 4.69) is 292 Å². The van der Waals surface area contributed by atoms with Crippen LogP contribution in [0.25, 0.3) is 71.7 Å². The predicted molar refractivity (Wildman–Crippen MR) is 295 cm³/mol. The Morgan fingerprint density at radius 2 is 0.771 bits per heavy atom. The first-order valence-electron chi connectivity index (χ1n) is 24.2. The molecule has 0 radical (unpaired) electrons. The van der Waals surface area contributed by atoms with Gasteiger partial charge in [-0.25, -0.2) is 0 Å². The van der Waals surface area contributed by atoms with Gasteiger partial charge in [-0.1, -0.05) is 164 Å². The van der Waals surface area contributed by atoms with Crippen molar-refractivity contribution in [1.82, 2.24) is 9.13 Å². The van der Waals surface area contributed by atoms with Crippen molar-refractivity contribution in [3.63, 3.8) is 0 Å². The van der Waals surface area contributed by atoms with Gasteiger partial charge < -0.3 is 18.9 Å². The number of aromatic nitrogens is 2. The zero-order valence-corrected chi connectivity index (χ0v) is 38.6. The second-order valence-corrected chi connectivity index (χ2v) is 18.1. The van der Waals surface area contributed by atoms with E-state index in [1.807, 2.05) is 0 Å². The van der Waals surface area contributed by atoms with E-state index in [9.17, 15) is 0 Å². The summed E-state index contributed by atoms with van der Waals surface area (Å²) >= 11 is 0. The van der Waals surface area contributed by atoms with Crippen LogP contribution < -0.4 is 9.80 Å². The molecule has 0 fully saturated rings. The van der Waals surface area contributed by atoms with Gasteiger partial charge in [0.25, 0.3) is 0 Å². The number of rotatable bonds is 10. The van der Waals surface area contributed by atoms with Crippen LogP contribution in [0, 0.1) is 0 Å². The Kier molecular flexibility index (Phi) is 10.3. The van der Waals surface area contributed by atoms with Gasteiger partial charge in [0, 0.05) is 67.8 Å². The van der Waals surface area contributed by atoms with E-state index >= 15 is 0 Å². The Morgan fingerprint density at radius 1 is 0.329 bits per heavy atom. The van der Waals surface area contributed by atoms with Crippen molar-refractivity contribution in [3.05, 3.63) is 284 Å². The third-order valence-corrected chi connectivity index (χ3v) is 14.0. The molecule has 10 aromatic carbocycles. The number of hydrogen-bond donors (Lipinski definition) is 0. The SMILES string of the molecule is C1=C(c2ccc3c(c2)c2ccccc2n3-c2ccc(-c3ccccc3)cc2)C=C(N(c2ccccc2)c2ccc3c(c2)c2ccccc2n3-c2ccccc2)CC1N(c1ccccc1)c1ccccc1. The Labute approximate surface area is 408 Å². The Bertz CT molecular complexity index is 3850. The quantitative estimate of drug-likeness (QED) is 0.136. The number of fused-ring (bicyclic) bond motifs is 6. The number of benzene rings is 10. The number of anilines is 4. The maximum atomic E-state index is 2.51. The summed E-state index contributed by atoms with van der Waals surface area (Å²) in [7, 11) is 0. The fourth-order valence-corrected chi connectivity index (χ4v) is 10.9. The highest BCUT2D eigenvalue weighted by Gasteiger charge is 2.29. The standard InChI is InChI=1S/C66H48N4/c1-6-20-47(21-7-1)48-34-37-55(38-35-48)70-63-32-18-16-30-59(63)61-44-49(36-40-65(61)70)50-42-57(67(51-22-8-2-9-23-51)52-24-10-3-11-25-52)45-58(43-50)68(53-26-12-4-13-27-53)56-39-41-66-62(46-56)60-31-17-19-33-64(60)69(66)54-28-14-5-15-29-54/h1-44,46,57H,45H2. The molecule has 1 atom stereocenters. The first kappa shape index (κ1) is 41.1. The third-order valence-electron chi connectivity index (χ3n) is 14.0. The van der Waals surface area contributed by atoms with Crippen molar-refractivity contribution in [2.24, 2.45) is 0 Å². The lowest BCUT2D eigenvalue weighted by Gasteiger charge is -2.38. The smallest absolute Gasteiger partial charge is 0.0586 e. The second kappa shape index (κ2) is 17.5. The van der Waals surface area contributed by atoms with Crippen LogP contribution >= 0.6 is 0 Å². The predicted octanol–water partition coefficient (Wildman–Crippen LogP) is 17.3. The maximum absolute atomic E-state index is 2.51. The van der Waals surface area contributed by atoms with Crippen LogP contribution in [0.15, 0.2) is 279 Å². The van der Waals surface area contributed by atoms with Gasteiger partial charge in [0.1, 0.15) is 0 Å². The molecule has 0 spiro atoms. The van der Waals surface area contributed by atoms with Gasteiger partial charge in [-0.15, -0.1) is 0 Å². The minimum Gasteiger partial charge on any atom is -0.334 e. The zero-order chi connectivity index (χ0) is 46.4. The summed E-state index contributed by atoms with van der Waals surface area (Å²) in [5.41, 5.74) is 17.5. The van der Waals surface area contributed by atoms with E-state index in [-0.39, 0.29) is 6.04 Å². The van der Waals surface area contributed by atoms with Crippen molar-refractivity contribution < 1.29 is 0 Å². The van der Waals surface area contributed by atoms with E-state index < -0.39 is 0 Å². The molecule has 0 saturated heterocycles. The van der Waals surface area contributed by atoms with Crippen LogP contribution in [0.1, 0.15) is 12.0 Å². The molecule has 0 bridgehead atoms. The molecular weight excluding hydrogens is 849 g/mol. The summed E-state index contributed by atoms with van der Waals surface area (Å²) < 4.78 is 4.81. The van der Waals surface area contributed by atoms with Crippen LogP contribution in [0.4, 0.5) is 22.7 Å². The lowest BCUT2D eigenvalue weighted by Crippen LogP contribution is -2.34. The molecule has 4 heteroatoms. The zero-order valence-electron chi connectivity index (χ0n) is 38.6. The van der Waals surface area contributed by atoms with Gasteiger partial charge in [0.15, 0.2) is 0 Å². The molecule has 0 aliphatic heterocycles. The van der Waals surface area contributed by atoms with Crippen LogP contribution in [-0.2, 0) is 0 Å². The summed E-state index contributed by atoms with van der Waals surface area (Å²) in [5, 5.41) is 4.90. The number of nitrogens with zero attached hydrogens (tertiary/aromatic N) is 4. The van der Waals surface area contributed by atoms with Crippen molar-refractivity contribution in [3.8, 4) is 22.5 Å². The van der Waals surface area contributed by atoms with E-state index in [0.717, 1.165) is 40.5 Å². The molecule has 0 amide bonds. The van der Waals surface area contributed by atoms with Gasteiger partial charge >= 0.3 is 0 Å². The maximum Gasteiger partial charge on any atom is 0.0586 e. The average Bonchev–Trinajstić information content (AvgIpc) is 3.95. The van der Waals surface area contributed by atoms with E-state index in [4.69, 9.17) is 0 Å². The normalized spacial score (nSPS) is 13.7. The van der Waals surface area contributed by atoms with E-state index in [1.54, 1.807) is 0 Å². The first-order valence-corrected chi connectivity index (χ1v) is 24.2. The fraction of sp³-hybridized carbons (Fsp3) is 0.0303. The monoisotopic (exact) mass is 896 g/mol. The summed E-state index contributed by atoms with van der Waals surface area (Å²) in [4.78, 5) is 5.00. The molecule has 70 heavy (non-hydrogen) atoms. The lowest BCUT2D eigenvalue weighted by atomic mass is 9.91. The number of hydrogen-bond acceptors (Lipinski definition) is 2. The summed E-state index contributed by atoms with van der Waals surface area (Å²) in [6.45, 7) is 0. The molecule has 13 rings (SSSR count). The average molecular weight is 897 g/mol. The molecular formula is C66H48N4. The largest absolute Gasteiger partial charge is 0.334 e. The van der Waals surface area contributed by atoms with Crippen molar-refractivity contribution in [2.75, 3.05) is 9.80 Å². The third kappa shape index (κ3) is 7.26. The van der Waals surface area contributed by atoms with Crippen LogP contribution in [0.3, 0.4) is 0 Å². The minimum absolute atomic E-state index is 0.0325. The van der Waals surface area contributed by atoms with E-state index in [0.29, 0.717) is 0 Å². The van der Waals surface area contributed by atoms with Gasteiger partial charge in [-0.2, -0.15) is 0 Å². The van der Waals surface area contributed by atoms with Crippen molar-refractivity contribution in [2.45, 2.75) is 12.5 Å². The fourth-order valence-electron chi connectivity index (χ4n) is 10.9. The molecule has 2 aromatic heterocycles. The summed E-state index contributed by atoms with van der Waals surface area (Å²) in [5.74, 6) is 0. The van der Waals surface area contributed by atoms with Crippen molar-refractivity contribution in [1.29, 1.82) is 0 Å². The molecule has 4 nitrogen and oxygen atoms in total. The summed E-state index contributed by atoms with van der Waals surface area (Å²) in [6, 6.07) is 94.6. The molecule has 12 aromatic rings. The van der Waals surface area contributed by atoms with Gasteiger partial charge in [-0.05, 0) is 131 Å². The highest BCUT2D eigenvalue weighted by Crippen LogP contribution is 2.44. The Hall–Kier alpha value is -9.12. The van der Waals surface area contributed by atoms with Gasteiger partial charge in [-0.3, -0.25) is 0 Å². The molecule has 1 aliphatic carbocycles. The van der Waals surface area contributed by atoms with E-state index in [1.165, 1.54) is 71.6 Å². The lowest BCUT2D eigenvalue weighted by molar-refractivity contribution is 0.747. The highest BCUT2D eigenvalue weighted by atomic mass is 15.2. The van der Waals surface area contributed by atoms with Crippen LogP contribution in [0.2, 0.25) is 0 Å². The molecule has 1 unspecified atom stereocenters. The van der Waals surface area contributed by atoms with Crippen molar-refractivity contribution >= 4 is 71.9 Å². The highest BCUT2D eigenvalue weighted by molar-refractivity contribution is 6.12. The topological polar surface area (TPSA) is 16.3 Å². The minimum atomic E-state index is -0.0325. The Morgan fingerprint density at radius 3 is 1.37 bits per heavy atom. The molecule has 1 aliphatic rings. The molecule has 0 N–H and O–H groups in total. The Balaban J connectivity index is 0.999. The second-order valence-electron chi connectivity index (χ2n) is 18.1. The van der Waals surface area contributed by atoms with Crippen LogP contribution in [-0.4, -0.2) is 15.2 Å². The molecule has 0 saturated carbocycles. The van der Waals surface area contributed by atoms with Gasteiger partial charge in [0.2, 0.25) is 0 Å². The number of allylic oxidation sites excluding steroid dienone is 2. The first-order chi connectivity index (χ1) is 34.7. The molecule has 332 valence electrons.